The van der Waals surface area contributed by atoms with E-state index in [1.807, 2.05) is 11.3 Å². The lowest BCUT2D eigenvalue weighted by Crippen LogP contribution is -2.03. The van der Waals surface area contributed by atoms with Gasteiger partial charge in [-0.1, -0.05) is 103 Å². The van der Waals surface area contributed by atoms with Crippen molar-refractivity contribution in [3.05, 3.63) is 140 Å². The first-order valence-electron chi connectivity index (χ1n) is 14.8. The number of hydrogen-bond acceptors (Lipinski definition) is 3. The molecule has 0 aliphatic carbocycles. The highest BCUT2D eigenvalue weighted by molar-refractivity contribution is 7.26. The fourth-order valence-electron chi connectivity index (χ4n) is 6.94. The monoisotopic (exact) mass is 577 g/mol. The molecule has 0 spiro atoms. The van der Waals surface area contributed by atoms with Gasteiger partial charge in [0, 0.05) is 41.9 Å². The van der Waals surface area contributed by atoms with Crippen LogP contribution in [0.25, 0.3) is 91.6 Å². The van der Waals surface area contributed by atoms with E-state index in [1.165, 1.54) is 52.5 Å². The first-order chi connectivity index (χ1) is 21.8. The molecule has 10 rings (SSSR count). The minimum Gasteiger partial charge on any atom is -0.278 e. The predicted octanol–water partition coefficient (Wildman–Crippen LogP) is 11.1. The molecule has 0 saturated carbocycles. The third-order valence-corrected chi connectivity index (χ3v) is 10.1. The molecule has 204 valence electrons. The van der Waals surface area contributed by atoms with Crippen molar-refractivity contribution in [3.63, 3.8) is 0 Å². The molecule has 0 N–H and O–H groups in total. The molecule has 0 aliphatic rings. The molecule has 0 radical (unpaired) electrons. The van der Waals surface area contributed by atoms with Crippen molar-refractivity contribution in [2.24, 2.45) is 0 Å². The van der Waals surface area contributed by atoms with E-state index in [1.54, 1.807) is 0 Å². The SMILES string of the molecule is c1ccc2cc3c(cc2c1)sc1cc2c4ccccc4n(-c4nc(-c5cccc6ccccc56)c5ccccc5n4)c2cc13. The summed E-state index contributed by atoms with van der Waals surface area (Å²) in [5.74, 6) is 0.683. The average Bonchev–Trinajstić information content (AvgIpc) is 3.59. The van der Waals surface area contributed by atoms with E-state index in [9.17, 15) is 0 Å². The molecule has 3 aromatic heterocycles. The van der Waals surface area contributed by atoms with Gasteiger partial charge in [0.05, 0.1) is 22.2 Å². The highest BCUT2D eigenvalue weighted by Crippen LogP contribution is 2.42. The van der Waals surface area contributed by atoms with Crippen molar-refractivity contribution in [1.82, 2.24) is 14.5 Å². The van der Waals surface area contributed by atoms with Crippen molar-refractivity contribution in [1.29, 1.82) is 0 Å². The highest BCUT2D eigenvalue weighted by atomic mass is 32.1. The summed E-state index contributed by atoms with van der Waals surface area (Å²) in [6, 6.07) is 50.0. The molecule has 0 fully saturated rings. The summed E-state index contributed by atoms with van der Waals surface area (Å²) in [5, 5.41) is 10.9. The maximum Gasteiger partial charge on any atom is 0.235 e. The second-order valence-corrected chi connectivity index (χ2v) is 12.5. The molecule has 3 heterocycles. The molecule has 0 atom stereocenters. The van der Waals surface area contributed by atoms with Crippen LogP contribution in [0.4, 0.5) is 0 Å². The molecule has 0 unspecified atom stereocenters. The Hall–Kier alpha value is -5.58. The molecule has 0 saturated heterocycles. The van der Waals surface area contributed by atoms with Crippen LogP contribution in [0.5, 0.6) is 0 Å². The van der Waals surface area contributed by atoms with E-state index in [0.29, 0.717) is 5.95 Å². The molecule has 0 amide bonds. The van der Waals surface area contributed by atoms with Crippen molar-refractivity contribution >= 4 is 85.8 Å². The number of benzene rings is 7. The lowest BCUT2D eigenvalue weighted by Gasteiger charge is -2.13. The zero-order valence-corrected chi connectivity index (χ0v) is 24.3. The van der Waals surface area contributed by atoms with E-state index in [4.69, 9.17) is 9.97 Å². The van der Waals surface area contributed by atoms with Crippen LogP contribution in [0.3, 0.4) is 0 Å². The average molecular weight is 578 g/mol. The summed E-state index contributed by atoms with van der Waals surface area (Å²) < 4.78 is 4.86. The third kappa shape index (κ3) is 3.37. The number of aromatic nitrogens is 3. The topological polar surface area (TPSA) is 30.7 Å². The number of thiophene rings is 1. The largest absolute Gasteiger partial charge is 0.278 e. The highest BCUT2D eigenvalue weighted by Gasteiger charge is 2.19. The van der Waals surface area contributed by atoms with Crippen LogP contribution in [-0.4, -0.2) is 14.5 Å². The van der Waals surface area contributed by atoms with Gasteiger partial charge in [0.15, 0.2) is 0 Å². The Morgan fingerprint density at radius 2 is 1.09 bits per heavy atom. The van der Waals surface area contributed by atoms with Crippen LogP contribution in [0, 0.1) is 0 Å². The summed E-state index contributed by atoms with van der Waals surface area (Å²) in [6.07, 6.45) is 0. The molecule has 7 aromatic carbocycles. The number of rotatable bonds is 2. The Bertz CT molecular complexity index is 2780. The van der Waals surface area contributed by atoms with Crippen LogP contribution in [0.1, 0.15) is 0 Å². The Morgan fingerprint density at radius 3 is 1.98 bits per heavy atom. The smallest absolute Gasteiger partial charge is 0.235 e. The van der Waals surface area contributed by atoms with Crippen LogP contribution in [0.15, 0.2) is 140 Å². The van der Waals surface area contributed by atoms with Gasteiger partial charge < -0.3 is 0 Å². The third-order valence-electron chi connectivity index (χ3n) is 8.97. The van der Waals surface area contributed by atoms with Gasteiger partial charge in [-0.15, -0.1) is 11.3 Å². The Kier molecular flexibility index (Phi) is 4.87. The second-order valence-electron chi connectivity index (χ2n) is 11.4. The Labute approximate surface area is 256 Å². The fourth-order valence-corrected chi connectivity index (χ4v) is 8.10. The van der Waals surface area contributed by atoms with Gasteiger partial charge in [0.2, 0.25) is 5.95 Å². The molecular weight excluding hydrogens is 555 g/mol. The minimum absolute atomic E-state index is 0.683. The van der Waals surface area contributed by atoms with Gasteiger partial charge in [0.1, 0.15) is 0 Å². The lowest BCUT2D eigenvalue weighted by atomic mass is 9.99. The molecule has 10 aromatic rings. The molecule has 0 aliphatic heterocycles. The van der Waals surface area contributed by atoms with Crippen molar-refractivity contribution < 1.29 is 0 Å². The van der Waals surface area contributed by atoms with Gasteiger partial charge in [0.25, 0.3) is 0 Å². The van der Waals surface area contributed by atoms with Crippen LogP contribution in [0.2, 0.25) is 0 Å². The molecule has 3 nitrogen and oxygen atoms in total. The zero-order chi connectivity index (χ0) is 28.8. The Balaban J connectivity index is 1.33. The predicted molar refractivity (Wildman–Crippen MR) is 187 cm³/mol. The minimum atomic E-state index is 0.683. The summed E-state index contributed by atoms with van der Waals surface area (Å²) in [5.41, 5.74) is 5.21. The van der Waals surface area contributed by atoms with Crippen LogP contribution in [-0.2, 0) is 0 Å². The van der Waals surface area contributed by atoms with Gasteiger partial charge >= 0.3 is 0 Å². The van der Waals surface area contributed by atoms with E-state index < -0.39 is 0 Å². The summed E-state index contributed by atoms with van der Waals surface area (Å²) in [4.78, 5) is 10.6. The van der Waals surface area contributed by atoms with Gasteiger partial charge in [-0.05, 0) is 57.9 Å². The molecular formula is C40H23N3S. The number of nitrogens with zero attached hydrogens (tertiary/aromatic N) is 3. The fraction of sp³-hybridized carbons (Fsp3) is 0. The van der Waals surface area contributed by atoms with E-state index in [2.05, 4.69) is 144 Å². The number of para-hydroxylation sites is 2. The van der Waals surface area contributed by atoms with Crippen LogP contribution < -0.4 is 0 Å². The lowest BCUT2D eigenvalue weighted by molar-refractivity contribution is 1.01. The summed E-state index contributed by atoms with van der Waals surface area (Å²) in [6.45, 7) is 0. The zero-order valence-electron chi connectivity index (χ0n) is 23.5. The first-order valence-corrected chi connectivity index (χ1v) is 15.7. The van der Waals surface area contributed by atoms with Gasteiger partial charge in [-0.2, -0.15) is 0 Å². The van der Waals surface area contributed by atoms with Crippen molar-refractivity contribution in [2.75, 3.05) is 0 Å². The maximum absolute atomic E-state index is 5.39. The first kappa shape index (κ1) is 23.9. The van der Waals surface area contributed by atoms with E-state index >= 15 is 0 Å². The summed E-state index contributed by atoms with van der Waals surface area (Å²) >= 11 is 1.87. The molecule has 0 bridgehead atoms. The van der Waals surface area contributed by atoms with Gasteiger partial charge in [-0.25, -0.2) is 9.97 Å². The number of hydrogen-bond donors (Lipinski definition) is 0. The van der Waals surface area contributed by atoms with Gasteiger partial charge in [-0.3, -0.25) is 4.57 Å². The quantitative estimate of drug-likeness (QED) is 0.205. The standard InChI is InChI=1S/C40H23N3S/c1-2-12-26-21-37-32(20-25(26)11-1)33-22-36-31(23-38(33)44-37)28-15-6-8-19-35(28)43(36)40-41-34-18-7-5-16-30(34)39(42-40)29-17-9-13-24-10-3-4-14-27(24)29/h1-23H. The second kappa shape index (κ2) is 8.96. The van der Waals surface area contributed by atoms with E-state index in [0.717, 1.165) is 33.2 Å². The maximum atomic E-state index is 5.39. The Morgan fingerprint density at radius 1 is 0.432 bits per heavy atom. The van der Waals surface area contributed by atoms with E-state index in [-0.39, 0.29) is 0 Å². The van der Waals surface area contributed by atoms with Crippen molar-refractivity contribution in [2.45, 2.75) is 0 Å². The number of fused-ring (bicyclic) bond motifs is 9. The molecule has 44 heavy (non-hydrogen) atoms. The van der Waals surface area contributed by atoms with Crippen LogP contribution >= 0.6 is 11.3 Å². The summed E-state index contributed by atoms with van der Waals surface area (Å²) in [7, 11) is 0. The van der Waals surface area contributed by atoms with Crippen molar-refractivity contribution in [3.8, 4) is 17.2 Å². The molecule has 4 heteroatoms. The normalized spacial score (nSPS) is 12.1.